The number of nitrogens with one attached hydrogen (secondary N) is 1. The normalized spacial score (nSPS) is 14.8. The van der Waals surface area contributed by atoms with Gasteiger partial charge >= 0.3 is 29.4 Å². The monoisotopic (exact) mass is 905 g/mol. The molecule has 0 spiro atoms. The predicted molar refractivity (Wildman–Crippen MR) is 244 cm³/mol. The minimum absolute atomic E-state index is 0.0355. The van der Waals surface area contributed by atoms with Crippen LogP contribution >= 0.6 is 0 Å². The second-order valence-corrected chi connectivity index (χ2v) is 50.1. The molecule has 0 aromatic heterocycles. The van der Waals surface area contributed by atoms with E-state index in [0.29, 0.717) is 19.6 Å². The summed E-state index contributed by atoms with van der Waals surface area (Å²) in [4.78, 5) is 23.8. The van der Waals surface area contributed by atoms with Crippen molar-refractivity contribution >= 4 is 71.0 Å². The van der Waals surface area contributed by atoms with Crippen molar-refractivity contribution in [3.63, 3.8) is 0 Å². The number of carbonyl (C=O) groups excluding carboxylic acids is 2. The molecule has 0 aliphatic heterocycles. The van der Waals surface area contributed by atoms with Gasteiger partial charge in [0, 0.05) is 19.2 Å². The molecule has 330 valence electrons. The van der Waals surface area contributed by atoms with Gasteiger partial charge in [-0.15, -0.1) is 0 Å². The van der Waals surface area contributed by atoms with E-state index in [1.54, 1.807) is 0 Å². The van der Waals surface area contributed by atoms with E-state index in [0.717, 1.165) is 31.4 Å². The van der Waals surface area contributed by atoms with Crippen LogP contribution in [0.1, 0.15) is 60.3 Å². The van der Waals surface area contributed by atoms with Crippen LogP contribution in [0.4, 0.5) is 4.79 Å². The molecule has 0 rings (SSSR count). The Kier molecular flexibility index (Phi) is 25.2. The first-order valence-electron chi connectivity index (χ1n) is 20.3. The van der Waals surface area contributed by atoms with Crippen molar-refractivity contribution in [2.24, 2.45) is 5.41 Å². The average Bonchev–Trinajstić information content (AvgIpc) is 2.93. The third-order valence-corrected chi connectivity index (χ3v) is 29.0. The Labute approximate surface area is 345 Å². The molecule has 19 heteroatoms. The molecular formula is C36H87NO11Si7. The fourth-order valence-electron chi connectivity index (χ4n) is 5.11. The van der Waals surface area contributed by atoms with Crippen molar-refractivity contribution in [2.75, 3.05) is 26.4 Å². The van der Waals surface area contributed by atoms with Crippen LogP contribution in [0.2, 0.25) is 117 Å². The number of hydrogen-bond acceptors (Lipinski definition) is 11. The summed E-state index contributed by atoms with van der Waals surface area (Å²) in [7, 11) is -14.0. The fourth-order valence-corrected chi connectivity index (χ4v) is 32.3. The maximum absolute atomic E-state index is 11.9. The molecule has 2 atom stereocenters. The number of carbonyl (C=O) groups is 2. The third kappa shape index (κ3) is 32.5. The largest absolute Gasteiger partial charge is 0.469 e. The average molecular weight is 907 g/mol. The molecule has 1 amide bonds. The van der Waals surface area contributed by atoms with E-state index in [9.17, 15) is 14.7 Å². The third-order valence-electron chi connectivity index (χ3n) is 7.31. The smallest absolute Gasteiger partial charge is 0.462 e. The minimum atomic E-state index is -2.82. The first kappa shape index (κ1) is 57.1. The van der Waals surface area contributed by atoms with Crippen LogP contribution in [0, 0.1) is 5.41 Å². The van der Waals surface area contributed by atoms with Crippen molar-refractivity contribution in [2.45, 2.75) is 189 Å². The number of aliphatic hydroxyl groups excluding tert-OH is 1. The highest BCUT2D eigenvalue weighted by atomic mass is 28.5. The molecule has 0 radical (unpaired) electrons. The van der Waals surface area contributed by atoms with Crippen LogP contribution in [-0.4, -0.2) is 115 Å². The van der Waals surface area contributed by atoms with Crippen LogP contribution in [0.25, 0.3) is 0 Å². The minimum Gasteiger partial charge on any atom is -0.462 e. The highest BCUT2D eigenvalue weighted by Crippen LogP contribution is 2.30. The van der Waals surface area contributed by atoms with E-state index in [4.69, 9.17) is 34.8 Å². The van der Waals surface area contributed by atoms with Crippen molar-refractivity contribution < 1.29 is 49.5 Å². The summed E-state index contributed by atoms with van der Waals surface area (Å²) in [5, 5.41) is 12.8. The van der Waals surface area contributed by atoms with Crippen LogP contribution in [0.15, 0.2) is 0 Å². The quantitative estimate of drug-likeness (QED) is 0.0487. The van der Waals surface area contributed by atoms with Gasteiger partial charge in [0.05, 0.1) is 12.0 Å². The van der Waals surface area contributed by atoms with Crippen LogP contribution in [-0.2, 0) is 39.6 Å². The number of hydrogen-bond donors (Lipinski definition) is 2. The molecule has 0 bridgehead atoms. The number of aliphatic hydroxyl groups is 1. The Hall–Kier alpha value is -0.0218. The van der Waals surface area contributed by atoms with Crippen molar-refractivity contribution in [3.8, 4) is 0 Å². The Balaban J connectivity index is 0. The Morgan fingerprint density at radius 3 is 1.47 bits per heavy atom. The summed E-state index contributed by atoms with van der Waals surface area (Å²) < 4.78 is 48.8. The molecule has 0 fully saturated rings. The number of ether oxygens (including phenoxy) is 3. The Morgan fingerprint density at radius 1 is 0.655 bits per heavy atom. The maximum Gasteiger partial charge on any atom is 0.469 e. The molecule has 0 saturated carbocycles. The van der Waals surface area contributed by atoms with Gasteiger partial charge in [0.1, 0.15) is 18.8 Å². The lowest BCUT2D eigenvalue weighted by atomic mass is 9.91. The van der Waals surface area contributed by atoms with E-state index >= 15 is 0 Å². The molecule has 2 N–H and O–H groups in total. The standard InChI is InChI=1S/C19H44O6Si3.C17H43NO5Si4/c1-11-19(2,3)18(21)23-16-17(20)15-22-13-12-14-28(10,24-26(4,5)6)25-27(7,8)9;1-12-16(2)20-17(19)18-14-13-15-27(21-24(3,4)5,22-25(6,7)8)23-26(9,10)11/h17,20H,11-16H2,1-10H3;16H,12-15H2,1-11H3,(H,18,19). The Morgan fingerprint density at radius 2 is 1.09 bits per heavy atom. The summed E-state index contributed by atoms with van der Waals surface area (Å²) in [6, 6.07) is 1.59. The van der Waals surface area contributed by atoms with Gasteiger partial charge in [-0.05, 0) is 157 Å². The van der Waals surface area contributed by atoms with Gasteiger partial charge in [-0.1, -0.05) is 13.8 Å². The van der Waals surface area contributed by atoms with Gasteiger partial charge in [-0.2, -0.15) is 0 Å². The number of esters is 1. The SMILES string of the molecule is CCC(C)(C)C(=O)OCC(O)COCCC[Si](C)(O[Si](C)(C)C)O[Si](C)(C)C.CCC(C)OC(=O)NCCC[Si](O[Si](C)(C)C)(O[Si](C)(C)C)O[Si](C)(C)C. The lowest BCUT2D eigenvalue weighted by Gasteiger charge is -2.43. The zero-order valence-corrected chi connectivity index (χ0v) is 46.3. The molecule has 0 saturated heterocycles. The van der Waals surface area contributed by atoms with Gasteiger partial charge in [-0.3, -0.25) is 4.79 Å². The molecule has 0 aliphatic carbocycles. The summed E-state index contributed by atoms with van der Waals surface area (Å²) >= 11 is 0. The summed E-state index contributed by atoms with van der Waals surface area (Å²) in [5.41, 5.74) is -0.525. The molecule has 0 aromatic rings. The molecule has 0 aliphatic rings. The highest BCUT2D eigenvalue weighted by Gasteiger charge is 2.49. The van der Waals surface area contributed by atoms with Crippen molar-refractivity contribution in [3.05, 3.63) is 0 Å². The number of alkyl carbamates (subject to hydrolysis) is 1. The van der Waals surface area contributed by atoms with Gasteiger partial charge in [0.2, 0.25) is 0 Å². The summed E-state index contributed by atoms with van der Waals surface area (Å²) in [6.45, 7) is 45.6. The molecule has 12 nitrogen and oxygen atoms in total. The first-order valence-corrected chi connectivity index (χ1v) is 41.8. The first-order chi connectivity index (χ1) is 24.5. The zero-order valence-electron chi connectivity index (χ0n) is 39.3. The van der Waals surface area contributed by atoms with Crippen LogP contribution < -0.4 is 5.32 Å². The van der Waals surface area contributed by atoms with E-state index < -0.39 is 70.5 Å². The van der Waals surface area contributed by atoms with Crippen LogP contribution in [0.5, 0.6) is 0 Å². The zero-order chi connectivity index (χ0) is 43.7. The van der Waals surface area contributed by atoms with Crippen LogP contribution in [0.3, 0.4) is 0 Å². The number of amides is 1. The second kappa shape index (κ2) is 24.3. The molecule has 2 unspecified atom stereocenters. The second-order valence-electron chi connectivity index (χ2n) is 20.2. The van der Waals surface area contributed by atoms with Crippen molar-refractivity contribution in [1.82, 2.24) is 5.32 Å². The van der Waals surface area contributed by atoms with Gasteiger partial charge < -0.3 is 45.2 Å². The van der Waals surface area contributed by atoms with E-state index in [2.05, 4.69) is 110 Å². The van der Waals surface area contributed by atoms with Crippen molar-refractivity contribution in [1.29, 1.82) is 0 Å². The molecular weight excluding hydrogens is 819 g/mol. The maximum atomic E-state index is 11.9. The van der Waals surface area contributed by atoms with Gasteiger partial charge in [0.25, 0.3) is 0 Å². The summed E-state index contributed by atoms with van der Waals surface area (Å²) in [5.74, 6) is -0.289. The Bertz CT molecular complexity index is 1040. The number of rotatable bonds is 26. The predicted octanol–water partition coefficient (Wildman–Crippen LogP) is 9.90. The van der Waals surface area contributed by atoms with Gasteiger partial charge in [-0.25, -0.2) is 4.79 Å². The highest BCUT2D eigenvalue weighted by molar-refractivity contribution is 6.90. The lowest BCUT2D eigenvalue weighted by Crippen LogP contribution is -2.60. The molecule has 0 heterocycles. The molecule has 0 aromatic carbocycles. The van der Waals surface area contributed by atoms with E-state index in [-0.39, 0.29) is 31.4 Å². The van der Waals surface area contributed by atoms with E-state index in [1.165, 1.54) is 0 Å². The van der Waals surface area contributed by atoms with E-state index in [1.807, 2.05) is 34.6 Å². The topological polar surface area (TPSA) is 140 Å². The lowest BCUT2D eigenvalue weighted by molar-refractivity contribution is -0.158. The molecule has 55 heavy (non-hydrogen) atoms. The summed E-state index contributed by atoms with van der Waals surface area (Å²) in [6.07, 6.45) is 1.84. The van der Waals surface area contributed by atoms with Gasteiger partial charge in [0.15, 0.2) is 41.6 Å². The fraction of sp³-hybridized carbons (Fsp3) is 0.944.